The molecule has 1 aliphatic carbocycles. The first-order valence-electron chi connectivity index (χ1n) is 9.84. The highest BCUT2D eigenvalue weighted by molar-refractivity contribution is 5.96. The van der Waals surface area contributed by atoms with E-state index in [1.807, 2.05) is 0 Å². The van der Waals surface area contributed by atoms with Gasteiger partial charge in [-0.1, -0.05) is 6.07 Å². The minimum atomic E-state index is -1.09. The van der Waals surface area contributed by atoms with Gasteiger partial charge in [0.25, 0.3) is 0 Å². The molecule has 1 saturated carbocycles. The molecular weight excluding hydrogens is 426 g/mol. The Kier molecular flexibility index (Phi) is 5.58. The first-order valence-corrected chi connectivity index (χ1v) is 9.84. The number of hydrogen-bond donors (Lipinski definition) is 1. The standard InChI is InChI=1S/C23H19F4N3O2/c1-12-21(10-28-13(2)29-12)32-11-23(14-3-5-17(24)19(26)7-14)9-16(23)22(31)30-15-4-6-18(25)20(27)8-15/h3-8,10,16H,9,11H2,1-2H3,(H,30,31)/t16-,23+/m0/s1. The summed E-state index contributed by atoms with van der Waals surface area (Å²) in [5, 5.41) is 2.55. The lowest BCUT2D eigenvalue weighted by Gasteiger charge is -2.20. The van der Waals surface area contributed by atoms with E-state index in [-0.39, 0.29) is 12.3 Å². The minimum Gasteiger partial charge on any atom is -0.489 e. The third-order valence-corrected chi connectivity index (χ3v) is 5.61. The second-order valence-corrected chi connectivity index (χ2v) is 7.82. The quantitative estimate of drug-likeness (QED) is 0.563. The van der Waals surface area contributed by atoms with Gasteiger partial charge in [0.05, 0.1) is 24.4 Å². The highest BCUT2D eigenvalue weighted by Crippen LogP contribution is 2.55. The second kappa shape index (κ2) is 8.22. The van der Waals surface area contributed by atoms with E-state index in [1.54, 1.807) is 13.8 Å². The lowest BCUT2D eigenvalue weighted by atomic mass is 9.93. The molecule has 1 N–H and O–H groups in total. The highest BCUT2D eigenvalue weighted by atomic mass is 19.2. The highest BCUT2D eigenvalue weighted by Gasteiger charge is 2.60. The summed E-state index contributed by atoms with van der Waals surface area (Å²) in [4.78, 5) is 21.2. The molecule has 0 unspecified atom stereocenters. The molecule has 1 aliphatic rings. The third-order valence-electron chi connectivity index (χ3n) is 5.61. The van der Waals surface area contributed by atoms with Crippen LogP contribution in [0.3, 0.4) is 0 Å². The van der Waals surface area contributed by atoms with Crippen LogP contribution < -0.4 is 10.1 Å². The molecule has 0 saturated heterocycles. The van der Waals surface area contributed by atoms with Gasteiger partial charge in [-0.2, -0.15) is 0 Å². The van der Waals surface area contributed by atoms with Gasteiger partial charge in [-0.15, -0.1) is 0 Å². The number of amides is 1. The van der Waals surface area contributed by atoms with E-state index >= 15 is 0 Å². The maximum absolute atomic E-state index is 14.0. The Morgan fingerprint density at radius 2 is 1.75 bits per heavy atom. The van der Waals surface area contributed by atoms with E-state index in [0.717, 1.165) is 24.3 Å². The maximum atomic E-state index is 14.0. The summed E-state index contributed by atoms with van der Waals surface area (Å²) in [5.41, 5.74) is 0.145. The fourth-order valence-electron chi connectivity index (χ4n) is 3.74. The molecule has 2 aromatic carbocycles. The molecule has 9 heteroatoms. The molecule has 1 aromatic heterocycles. The van der Waals surface area contributed by atoms with Gasteiger partial charge in [-0.25, -0.2) is 27.5 Å². The number of rotatable bonds is 6. The molecule has 4 rings (SSSR count). The largest absolute Gasteiger partial charge is 0.489 e. The summed E-state index contributed by atoms with van der Waals surface area (Å²) in [6, 6.07) is 6.46. The van der Waals surface area contributed by atoms with Crippen molar-refractivity contribution in [3.8, 4) is 5.75 Å². The van der Waals surface area contributed by atoms with Gasteiger partial charge in [0.15, 0.2) is 29.0 Å². The molecule has 3 aromatic rings. The summed E-state index contributed by atoms with van der Waals surface area (Å²) < 4.78 is 60.0. The van der Waals surface area contributed by atoms with Gasteiger partial charge in [-0.3, -0.25) is 4.79 Å². The van der Waals surface area contributed by atoms with Crippen LogP contribution in [0.2, 0.25) is 0 Å². The summed E-state index contributed by atoms with van der Waals surface area (Å²) in [7, 11) is 0. The summed E-state index contributed by atoms with van der Waals surface area (Å²) in [6.07, 6.45) is 1.80. The van der Waals surface area contributed by atoms with Crippen LogP contribution in [0.1, 0.15) is 23.5 Å². The number of aromatic nitrogens is 2. The van der Waals surface area contributed by atoms with Crippen LogP contribution in [0.15, 0.2) is 42.6 Å². The zero-order chi connectivity index (χ0) is 23.0. The molecule has 2 atom stereocenters. The summed E-state index contributed by atoms with van der Waals surface area (Å²) in [6.45, 7) is 3.47. The molecule has 0 spiro atoms. The van der Waals surface area contributed by atoms with Crippen molar-refractivity contribution >= 4 is 11.6 Å². The number of carbonyl (C=O) groups is 1. The van der Waals surface area contributed by atoms with E-state index < -0.39 is 40.5 Å². The number of hydrogen-bond acceptors (Lipinski definition) is 4. The number of anilines is 1. The van der Waals surface area contributed by atoms with Gasteiger partial charge >= 0.3 is 0 Å². The van der Waals surface area contributed by atoms with Crippen molar-refractivity contribution in [3.05, 3.63) is 82.9 Å². The molecular formula is C23H19F4N3O2. The lowest BCUT2D eigenvalue weighted by Crippen LogP contribution is -2.27. The van der Waals surface area contributed by atoms with Crippen LogP contribution >= 0.6 is 0 Å². The fraction of sp³-hybridized carbons (Fsp3) is 0.261. The van der Waals surface area contributed by atoms with E-state index in [4.69, 9.17) is 4.74 Å². The zero-order valence-corrected chi connectivity index (χ0v) is 17.3. The monoisotopic (exact) mass is 445 g/mol. The predicted octanol–water partition coefficient (Wildman–Crippen LogP) is 4.63. The smallest absolute Gasteiger partial charge is 0.228 e. The Balaban J connectivity index is 1.59. The van der Waals surface area contributed by atoms with E-state index in [0.29, 0.717) is 29.3 Å². The second-order valence-electron chi connectivity index (χ2n) is 7.82. The van der Waals surface area contributed by atoms with Crippen molar-refractivity contribution in [2.75, 3.05) is 11.9 Å². The maximum Gasteiger partial charge on any atom is 0.228 e. The normalized spacial score (nSPS) is 19.5. The molecule has 0 aliphatic heterocycles. The molecule has 1 heterocycles. The molecule has 0 radical (unpaired) electrons. The van der Waals surface area contributed by atoms with Crippen LogP contribution in [0.25, 0.3) is 0 Å². The average molecular weight is 445 g/mol. The predicted molar refractivity (Wildman–Crippen MR) is 108 cm³/mol. The van der Waals surface area contributed by atoms with Gasteiger partial charge in [0.1, 0.15) is 5.82 Å². The van der Waals surface area contributed by atoms with Crippen molar-refractivity contribution in [2.45, 2.75) is 25.7 Å². The van der Waals surface area contributed by atoms with Gasteiger partial charge in [0.2, 0.25) is 5.91 Å². The van der Waals surface area contributed by atoms with Crippen LogP contribution in [0.5, 0.6) is 5.75 Å². The van der Waals surface area contributed by atoms with E-state index in [9.17, 15) is 22.4 Å². The van der Waals surface area contributed by atoms with Crippen LogP contribution in [0.4, 0.5) is 23.2 Å². The van der Waals surface area contributed by atoms with E-state index in [1.165, 1.54) is 18.3 Å². The van der Waals surface area contributed by atoms with Crippen LogP contribution in [0, 0.1) is 43.0 Å². The molecule has 166 valence electrons. The lowest BCUT2D eigenvalue weighted by molar-refractivity contribution is -0.117. The molecule has 1 amide bonds. The Morgan fingerprint density at radius 3 is 2.41 bits per heavy atom. The van der Waals surface area contributed by atoms with Gasteiger partial charge in [0, 0.05) is 17.2 Å². The topological polar surface area (TPSA) is 64.1 Å². The Bertz CT molecular complexity index is 1200. The number of halogens is 4. The van der Waals surface area contributed by atoms with Crippen molar-refractivity contribution in [3.63, 3.8) is 0 Å². The first kappa shape index (κ1) is 21.7. The number of carbonyl (C=O) groups excluding carboxylic acids is 1. The number of ether oxygens (including phenoxy) is 1. The molecule has 32 heavy (non-hydrogen) atoms. The average Bonchev–Trinajstić information content (AvgIpc) is 3.48. The Labute approximate surface area is 181 Å². The van der Waals surface area contributed by atoms with Crippen LogP contribution in [-0.2, 0) is 10.2 Å². The molecule has 1 fully saturated rings. The van der Waals surface area contributed by atoms with Gasteiger partial charge < -0.3 is 10.1 Å². The minimum absolute atomic E-state index is 0.0127. The van der Waals surface area contributed by atoms with Crippen molar-refractivity contribution in [1.82, 2.24) is 9.97 Å². The van der Waals surface area contributed by atoms with Crippen molar-refractivity contribution in [1.29, 1.82) is 0 Å². The number of aryl methyl sites for hydroxylation is 2. The fourth-order valence-corrected chi connectivity index (χ4v) is 3.74. The zero-order valence-electron chi connectivity index (χ0n) is 17.3. The SMILES string of the molecule is Cc1ncc(OC[C@@]2(c3ccc(F)c(F)c3)C[C@H]2C(=O)Nc2ccc(F)c(F)c2)c(C)n1. The third kappa shape index (κ3) is 4.15. The molecule has 0 bridgehead atoms. The van der Waals surface area contributed by atoms with Crippen LogP contribution in [-0.4, -0.2) is 22.5 Å². The number of benzene rings is 2. The summed E-state index contributed by atoms with van der Waals surface area (Å²) in [5.74, 6) is -4.32. The van der Waals surface area contributed by atoms with Crippen molar-refractivity contribution < 1.29 is 27.1 Å². The molecule has 5 nitrogen and oxygen atoms in total. The van der Waals surface area contributed by atoms with E-state index in [2.05, 4.69) is 15.3 Å². The van der Waals surface area contributed by atoms with Crippen molar-refractivity contribution in [2.24, 2.45) is 5.92 Å². The first-order chi connectivity index (χ1) is 15.2. The number of nitrogens with one attached hydrogen (secondary N) is 1. The Morgan fingerprint density at radius 1 is 1.06 bits per heavy atom. The number of nitrogens with zero attached hydrogens (tertiary/aromatic N) is 2. The van der Waals surface area contributed by atoms with Gasteiger partial charge in [-0.05, 0) is 50.1 Å². The Hall–Kier alpha value is -3.49. The summed E-state index contributed by atoms with van der Waals surface area (Å²) >= 11 is 0.